The molecule has 1 fully saturated rings. The van der Waals surface area contributed by atoms with Crippen LogP contribution >= 0.6 is 15.9 Å². The van der Waals surface area contributed by atoms with Gasteiger partial charge in [0.25, 0.3) is 0 Å². The summed E-state index contributed by atoms with van der Waals surface area (Å²) in [5, 5.41) is 8.92. The lowest BCUT2D eigenvalue weighted by Gasteiger charge is -2.22. The van der Waals surface area contributed by atoms with Gasteiger partial charge in [-0.05, 0) is 34.8 Å². The first kappa shape index (κ1) is 10.8. The summed E-state index contributed by atoms with van der Waals surface area (Å²) in [5.74, 6) is -0.000486. The van der Waals surface area contributed by atoms with Crippen molar-refractivity contribution in [2.45, 2.75) is 18.9 Å². The van der Waals surface area contributed by atoms with Gasteiger partial charge in [0.15, 0.2) is 11.6 Å². The summed E-state index contributed by atoms with van der Waals surface area (Å²) >= 11 is 3.17. The molecule has 0 aliphatic heterocycles. The van der Waals surface area contributed by atoms with Crippen molar-refractivity contribution in [3.05, 3.63) is 22.6 Å². The fraction of sp³-hybridized carbons (Fsp3) is 0.500. The quantitative estimate of drug-likeness (QED) is 0.912. The van der Waals surface area contributed by atoms with E-state index in [1.165, 1.54) is 6.07 Å². The van der Waals surface area contributed by atoms with E-state index in [0.29, 0.717) is 22.9 Å². The predicted octanol–water partition coefficient (Wildman–Crippen LogP) is 1.94. The molecule has 0 aromatic carbocycles. The SMILES string of the molecule is OCCN(c1ncc(Br)cc1F)C1CC1. The minimum atomic E-state index is -0.343. The maximum absolute atomic E-state index is 13.6. The Morgan fingerprint density at radius 2 is 2.33 bits per heavy atom. The van der Waals surface area contributed by atoms with Gasteiger partial charge in [0.1, 0.15) is 0 Å². The Morgan fingerprint density at radius 1 is 1.60 bits per heavy atom. The molecule has 0 spiro atoms. The summed E-state index contributed by atoms with van der Waals surface area (Å²) in [6.45, 7) is 0.462. The van der Waals surface area contributed by atoms with Gasteiger partial charge in [-0.3, -0.25) is 0 Å². The van der Waals surface area contributed by atoms with E-state index < -0.39 is 0 Å². The molecule has 0 bridgehead atoms. The van der Waals surface area contributed by atoms with E-state index in [9.17, 15) is 4.39 Å². The molecule has 0 amide bonds. The summed E-state index contributed by atoms with van der Waals surface area (Å²) in [4.78, 5) is 5.89. The Bertz CT molecular complexity index is 357. The van der Waals surface area contributed by atoms with Crippen LogP contribution in [0.3, 0.4) is 0 Å². The molecule has 1 aromatic heterocycles. The van der Waals surface area contributed by atoms with E-state index >= 15 is 0 Å². The van der Waals surface area contributed by atoms with E-state index in [1.54, 1.807) is 6.20 Å². The monoisotopic (exact) mass is 274 g/mol. The molecule has 3 nitrogen and oxygen atoms in total. The van der Waals surface area contributed by atoms with Crippen molar-refractivity contribution in [3.8, 4) is 0 Å². The molecule has 0 atom stereocenters. The van der Waals surface area contributed by atoms with Gasteiger partial charge >= 0.3 is 0 Å². The lowest BCUT2D eigenvalue weighted by Crippen LogP contribution is -2.30. The molecule has 1 N–H and O–H groups in total. The predicted molar refractivity (Wildman–Crippen MR) is 59.3 cm³/mol. The largest absolute Gasteiger partial charge is 0.395 e. The van der Waals surface area contributed by atoms with Crippen LogP contribution in [-0.2, 0) is 0 Å². The van der Waals surface area contributed by atoms with Crippen LogP contribution in [0.4, 0.5) is 10.2 Å². The highest BCUT2D eigenvalue weighted by Gasteiger charge is 2.31. The van der Waals surface area contributed by atoms with Crippen molar-refractivity contribution in [2.24, 2.45) is 0 Å². The zero-order valence-corrected chi connectivity index (χ0v) is 9.74. The van der Waals surface area contributed by atoms with Gasteiger partial charge in [0, 0.05) is 23.3 Å². The van der Waals surface area contributed by atoms with Gasteiger partial charge in [-0.25, -0.2) is 9.37 Å². The number of aliphatic hydroxyl groups is 1. The number of rotatable bonds is 4. The number of anilines is 1. The second-order valence-electron chi connectivity index (χ2n) is 3.61. The molecule has 1 aliphatic rings. The first-order valence-corrected chi connectivity index (χ1v) is 5.70. The zero-order chi connectivity index (χ0) is 10.8. The second kappa shape index (κ2) is 4.45. The lowest BCUT2D eigenvalue weighted by atomic mass is 10.4. The summed E-state index contributed by atoms with van der Waals surface area (Å²) in [7, 11) is 0. The fourth-order valence-corrected chi connectivity index (χ4v) is 1.88. The van der Waals surface area contributed by atoms with Crippen molar-refractivity contribution < 1.29 is 9.50 Å². The van der Waals surface area contributed by atoms with Crippen LogP contribution < -0.4 is 4.90 Å². The van der Waals surface area contributed by atoms with Crippen LogP contribution in [0.25, 0.3) is 0 Å². The average Bonchev–Trinajstić information content (AvgIpc) is 2.98. The van der Waals surface area contributed by atoms with Crippen molar-refractivity contribution in [1.29, 1.82) is 0 Å². The van der Waals surface area contributed by atoms with Crippen molar-refractivity contribution >= 4 is 21.7 Å². The highest BCUT2D eigenvalue weighted by atomic mass is 79.9. The molecule has 0 unspecified atom stereocenters. The highest BCUT2D eigenvalue weighted by Crippen LogP contribution is 2.32. The third-order valence-electron chi connectivity index (χ3n) is 2.39. The average molecular weight is 275 g/mol. The zero-order valence-electron chi connectivity index (χ0n) is 8.16. The summed E-state index contributed by atoms with van der Waals surface area (Å²) in [5.41, 5.74) is 0. The van der Waals surface area contributed by atoms with Gasteiger partial charge in [0.2, 0.25) is 0 Å². The minimum absolute atomic E-state index is 0.0215. The summed E-state index contributed by atoms with van der Waals surface area (Å²) in [6.07, 6.45) is 3.68. The Balaban J connectivity index is 2.24. The molecule has 15 heavy (non-hydrogen) atoms. The number of nitrogens with zero attached hydrogens (tertiary/aromatic N) is 2. The van der Waals surface area contributed by atoms with Gasteiger partial charge in [-0.15, -0.1) is 0 Å². The standard InChI is InChI=1S/C10H12BrFN2O/c11-7-5-9(12)10(13-6-7)14(3-4-15)8-1-2-8/h5-6,8,15H,1-4H2. The number of hydrogen-bond donors (Lipinski definition) is 1. The van der Waals surface area contributed by atoms with Crippen LogP contribution in [0.5, 0.6) is 0 Å². The summed E-state index contributed by atoms with van der Waals surface area (Å²) < 4.78 is 14.2. The molecule has 0 radical (unpaired) electrons. The minimum Gasteiger partial charge on any atom is -0.395 e. The second-order valence-corrected chi connectivity index (χ2v) is 4.52. The molecular weight excluding hydrogens is 263 g/mol. The Morgan fingerprint density at radius 3 is 2.87 bits per heavy atom. The normalized spacial score (nSPS) is 15.4. The van der Waals surface area contributed by atoms with Crippen molar-refractivity contribution in [3.63, 3.8) is 0 Å². The Labute approximate surface area is 96.1 Å². The Kier molecular flexibility index (Phi) is 3.21. The third-order valence-corrected chi connectivity index (χ3v) is 2.82. The van der Waals surface area contributed by atoms with Crippen molar-refractivity contribution in [1.82, 2.24) is 4.98 Å². The van der Waals surface area contributed by atoms with Crippen LogP contribution in [0.1, 0.15) is 12.8 Å². The smallest absolute Gasteiger partial charge is 0.166 e. The first-order chi connectivity index (χ1) is 7.22. The van der Waals surface area contributed by atoms with Gasteiger partial charge in [0.05, 0.1) is 6.61 Å². The molecule has 1 aromatic rings. The fourth-order valence-electron chi connectivity index (χ4n) is 1.57. The van der Waals surface area contributed by atoms with Crippen LogP contribution in [0, 0.1) is 5.82 Å². The Hall–Kier alpha value is -0.680. The topological polar surface area (TPSA) is 36.4 Å². The molecule has 5 heteroatoms. The number of hydrogen-bond acceptors (Lipinski definition) is 3. The lowest BCUT2D eigenvalue weighted by molar-refractivity contribution is 0.300. The van der Waals surface area contributed by atoms with Gasteiger partial charge in [-0.1, -0.05) is 0 Å². The molecule has 82 valence electrons. The van der Waals surface area contributed by atoms with E-state index in [-0.39, 0.29) is 12.4 Å². The van der Waals surface area contributed by atoms with Crippen LogP contribution in [-0.4, -0.2) is 29.3 Å². The number of halogens is 2. The number of aromatic nitrogens is 1. The third kappa shape index (κ3) is 2.46. The van der Waals surface area contributed by atoms with E-state index in [2.05, 4.69) is 20.9 Å². The van der Waals surface area contributed by atoms with E-state index in [1.807, 2.05) is 4.90 Å². The molecular formula is C10H12BrFN2O. The van der Waals surface area contributed by atoms with Crippen molar-refractivity contribution in [2.75, 3.05) is 18.1 Å². The molecule has 1 saturated carbocycles. The highest BCUT2D eigenvalue weighted by molar-refractivity contribution is 9.10. The first-order valence-electron chi connectivity index (χ1n) is 4.91. The van der Waals surface area contributed by atoms with Crippen LogP contribution in [0.2, 0.25) is 0 Å². The van der Waals surface area contributed by atoms with Gasteiger partial charge < -0.3 is 10.0 Å². The number of aliphatic hydroxyl groups excluding tert-OH is 1. The van der Waals surface area contributed by atoms with E-state index in [4.69, 9.17) is 5.11 Å². The molecule has 1 heterocycles. The maximum Gasteiger partial charge on any atom is 0.166 e. The number of pyridine rings is 1. The molecule has 1 aliphatic carbocycles. The molecule has 2 rings (SSSR count). The van der Waals surface area contributed by atoms with E-state index in [0.717, 1.165) is 12.8 Å². The van der Waals surface area contributed by atoms with Gasteiger partial charge in [-0.2, -0.15) is 0 Å². The van der Waals surface area contributed by atoms with Crippen LogP contribution in [0.15, 0.2) is 16.7 Å². The summed E-state index contributed by atoms with van der Waals surface area (Å²) in [6, 6.07) is 1.75. The maximum atomic E-state index is 13.6. The molecule has 0 saturated heterocycles.